The van der Waals surface area contributed by atoms with Crippen LogP contribution in [0.3, 0.4) is 0 Å². The van der Waals surface area contributed by atoms with Gasteiger partial charge in [0, 0.05) is 12.0 Å². The van der Waals surface area contributed by atoms with Crippen LogP contribution in [0.2, 0.25) is 0 Å². The van der Waals surface area contributed by atoms with Gasteiger partial charge >= 0.3 is 13.7 Å². The maximum Gasteiger partial charge on any atom is 0.459 e. The van der Waals surface area contributed by atoms with E-state index in [2.05, 4.69) is 10.1 Å². The number of esters is 1. The zero-order chi connectivity index (χ0) is 30.5. The molecule has 42 heavy (non-hydrogen) atoms. The minimum Gasteiger partial charge on any atom is -0.459 e. The number of anilines is 1. The summed E-state index contributed by atoms with van der Waals surface area (Å²) < 4.78 is 39.4. The SMILES string of the molecule is CCOCc1nc2c(N)nc3ccccc3c2n1[C@@H](CC)CO[P@@](=O)(N[C@@H](C)C(=O)OC(C)(C)C)Oc1ccccc1. The van der Waals surface area contributed by atoms with E-state index < -0.39 is 25.4 Å². The van der Waals surface area contributed by atoms with Crippen molar-refractivity contribution in [2.24, 2.45) is 0 Å². The summed E-state index contributed by atoms with van der Waals surface area (Å²) in [7, 11) is -4.09. The van der Waals surface area contributed by atoms with Crippen LogP contribution in [-0.2, 0) is 30.0 Å². The lowest BCUT2D eigenvalue weighted by Crippen LogP contribution is -2.39. The molecule has 4 aromatic rings. The fraction of sp³-hybridized carbons (Fsp3) is 0.433. The summed E-state index contributed by atoms with van der Waals surface area (Å²) in [6.45, 7) is 11.5. The van der Waals surface area contributed by atoms with Crippen molar-refractivity contribution in [2.75, 3.05) is 18.9 Å². The molecule has 2 aromatic carbocycles. The molecule has 0 aliphatic rings. The Bertz CT molecular complexity index is 1570. The van der Waals surface area contributed by atoms with Gasteiger partial charge in [0.2, 0.25) is 0 Å². The first kappa shape index (κ1) is 31.4. The van der Waals surface area contributed by atoms with Crippen LogP contribution < -0.4 is 15.3 Å². The molecule has 0 aliphatic heterocycles. The van der Waals surface area contributed by atoms with Crippen LogP contribution >= 0.6 is 7.75 Å². The maximum atomic E-state index is 14.2. The number of nitrogens with one attached hydrogen (secondary N) is 1. The van der Waals surface area contributed by atoms with Gasteiger partial charge in [-0.05, 0) is 59.2 Å². The minimum atomic E-state index is -4.09. The summed E-state index contributed by atoms with van der Waals surface area (Å²) in [5.74, 6) is 0.694. The highest BCUT2D eigenvalue weighted by atomic mass is 31.2. The molecule has 12 heteroatoms. The molecule has 0 bridgehead atoms. The number of fused-ring (bicyclic) bond motifs is 3. The summed E-state index contributed by atoms with van der Waals surface area (Å²) in [5.41, 5.74) is 7.71. The van der Waals surface area contributed by atoms with Crippen molar-refractivity contribution in [3.05, 3.63) is 60.4 Å². The maximum absolute atomic E-state index is 14.2. The zero-order valence-corrected chi connectivity index (χ0v) is 25.9. The van der Waals surface area contributed by atoms with Gasteiger partial charge in [0.15, 0.2) is 5.82 Å². The summed E-state index contributed by atoms with van der Waals surface area (Å²) in [4.78, 5) is 22.1. The molecule has 0 unspecified atom stereocenters. The molecule has 4 rings (SSSR count). The number of carbonyl (C=O) groups excluding carboxylic acids is 1. The molecular weight excluding hydrogens is 557 g/mol. The second kappa shape index (κ2) is 13.2. The van der Waals surface area contributed by atoms with Crippen molar-refractivity contribution in [1.29, 1.82) is 0 Å². The summed E-state index contributed by atoms with van der Waals surface area (Å²) >= 11 is 0. The topological polar surface area (TPSA) is 140 Å². The lowest BCUT2D eigenvalue weighted by Gasteiger charge is -2.27. The molecule has 3 N–H and O–H groups in total. The second-order valence-electron chi connectivity index (χ2n) is 10.9. The molecule has 2 aromatic heterocycles. The average Bonchev–Trinajstić information content (AvgIpc) is 3.32. The Morgan fingerprint density at radius 3 is 2.43 bits per heavy atom. The first-order chi connectivity index (χ1) is 19.9. The number of hydrogen-bond acceptors (Lipinski definition) is 9. The number of nitrogens with two attached hydrogens (primary N) is 1. The number of imidazole rings is 1. The number of pyridine rings is 1. The van der Waals surface area contributed by atoms with Crippen LogP contribution in [0.25, 0.3) is 21.9 Å². The standard InChI is InChI=1S/C30H40N5O6P/c1-7-21(35-25(19-38-8-2)33-26-27(35)23-16-12-13-17-24(23)32-28(26)31)18-39-42(37,41-22-14-10-9-11-15-22)34-20(3)29(36)40-30(4,5)6/h9-17,20-21H,7-8,18-19H2,1-6H3,(H2,31,32)(H,34,37)/t20-,21-,42-/m0/s1. The lowest BCUT2D eigenvalue weighted by atomic mass is 10.1. The van der Waals surface area contributed by atoms with Crippen LogP contribution in [0.5, 0.6) is 5.75 Å². The molecule has 3 atom stereocenters. The van der Waals surface area contributed by atoms with Crippen molar-refractivity contribution in [3.63, 3.8) is 0 Å². The highest BCUT2D eigenvalue weighted by molar-refractivity contribution is 7.52. The number of hydrogen-bond donors (Lipinski definition) is 2. The smallest absolute Gasteiger partial charge is 0.459 e. The van der Waals surface area contributed by atoms with Gasteiger partial charge in [-0.3, -0.25) is 9.32 Å². The van der Waals surface area contributed by atoms with Crippen LogP contribution in [0.1, 0.15) is 59.8 Å². The molecule has 11 nitrogen and oxygen atoms in total. The Morgan fingerprint density at radius 1 is 1.07 bits per heavy atom. The Kier molecular flexibility index (Phi) is 9.89. The molecular formula is C30H40N5O6P. The summed E-state index contributed by atoms with van der Waals surface area (Å²) in [5, 5.41) is 3.64. The lowest BCUT2D eigenvalue weighted by molar-refractivity contribution is -0.156. The fourth-order valence-electron chi connectivity index (χ4n) is 4.51. The number of nitrogens with zero attached hydrogens (tertiary/aromatic N) is 3. The molecule has 0 saturated carbocycles. The molecule has 0 saturated heterocycles. The highest BCUT2D eigenvalue weighted by Gasteiger charge is 2.35. The summed E-state index contributed by atoms with van der Waals surface area (Å²) in [6, 6.07) is 15.0. The van der Waals surface area contributed by atoms with E-state index in [4.69, 9.17) is 29.2 Å². The third kappa shape index (κ3) is 7.46. The predicted octanol–water partition coefficient (Wildman–Crippen LogP) is 6.18. The normalized spacial score (nSPS) is 14.9. The molecule has 0 spiro atoms. The van der Waals surface area contributed by atoms with E-state index in [1.165, 1.54) is 0 Å². The third-order valence-electron chi connectivity index (χ3n) is 6.42. The number of rotatable bonds is 13. The van der Waals surface area contributed by atoms with E-state index in [1.54, 1.807) is 52.0 Å². The van der Waals surface area contributed by atoms with Gasteiger partial charge in [-0.1, -0.05) is 43.3 Å². The Labute approximate surface area is 246 Å². The molecule has 2 heterocycles. The van der Waals surface area contributed by atoms with Gasteiger partial charge in [-0.25, -0.2) is 14.5 Å². The van der Waals surface area contributed by atoms with E-state index in [1.807, 2.05) is 48.7 Å². The summed E-state index contributed by atoms with van der Waals surface area (Å²) in [6.07, 6.45) is 0.591. The van der Waals surface area contributed by atoms with Crippen LogP contribution in [-0.4, -0.2) is 45.4 Å². The van der Waals surface area contributed by atoms with Gasteiger partial charge in [0.1, 0.15) is 35.3 Å². The van der Waals surface area contributed by atoms with Crippen LogP contribution in [0.4, 0.5) is 5.82 Å². The van der Waals surface area contributed by atoms with Crippen LogP contribution in [0, 0.1) is 0 Å². The molecule has 0 radical (unpaired) electrons. The van der Waals surface area contributed by atoms with Crippen molar-refractivity contribution in [1.82, 2.24) is 19.6 Å². The second-order valence-corrected chi connectivity index (χ2v) is 12.6. The van der Waals surface area contributed by atoms with Gasteiger partial charge in [0.25, 0.3) is 0 Å². The number of ether oxygens (including phenoxy) is 2. The van der Waals surface area contributed by atoms with Crippen molar-refractivity contribution >= 4 is 41.5 Å². The molecule has 226 valence electrons. The Balaban J connectivity index is 1.71. The molecule has 0 amide bonds. The Morgan fingerprint density at radius 2 is 1.76 bits per heavy atom. The van der Waals surface area contributed by atoms with Gasteiger partial charge in [-0.15, -0.1) is 0 Å². The van der Waals surface area contributed by atoms with Crippen molar-refractivity contribution in [3.8, 4) is 5.75 Å². The van der Waals surface area contributed by atoms with Crippen LogP contribution in [0.15, 0.2) is 54.6 Å². The molecule has 0 fully saturated rings. The largest absolute Gasteiger partial charge is 0.459 e. The van der Waals surface area contributed by atoms with Gasteiger partial charge < -0.3 is 24.3 Å². The van der Waals surface area contributed by atoms with E-state index in [0.29, 0.717) is 35.9 Å². The number of carbonyl (C=O) groups is 1. The average molecular weight is 598 g/mol. The monoisotopic (exact) mass is 597 g/mol. The van der Waals surface area contributed by atoms with E-state index in [9.17, 15) is 9.36 Å². The van der Waals surface area contributed by atoms with Crippen molar-refractivity contribution in [2.45, 2.75) is 72.3 Å². The predicted molar refractivity (Wildman–Crippen MR) is 163 cm³/mol. The van der Waals surface area contributed by atoms with Gasteiger partial charge in [0.05, 0.1) is 23.7 Å². The number of nitrogen functional groups attached to an aromatic ring is 1. The van der Waals surface area contributed by atoms with Crippen molar-refractivity contribution < 1.29 is 27.9 Å². The number of aromatic nitrogens is 3. The highest BCUT2D eigenvalue weighted by Crippen LogP contribution is 2.46. The first-order valence-electron chi connectivity index (χ1n) is 14.1. The van der Waals surface area contributed by atoms with E-state index in [0.717, 1.165) is 16.4 Å². The van der Waals surface area contributed by atoms with Gasteiger partial charge in [-0.2, -0.15) is 5.09 Å². The Hall–Kier alpha value is -3.50. The first-order valence-corrected chi connectivity index (χ1v) is 15.6. The number of benzene rings is 2. The third-order valence-corrected chi connectivity index (χ3v) is 8.06. The fourth-order valence-corrected chi connectivity index (χ4v) is 6.03. The number of para-hydroxylation sites is 2. The van der Waals surface area contributed by atoms with E-state index >= 15 is 0 Å². The quantitative estimate of drug-likeness (QED) is 0.136. The minimum absolute atomic E-state index is 0.0320. The molecule has 0 aliphatic carbocycles. The zero-order valence-electron chi connectivity index (χ0n) is 25.0. The van der Waals surface area contributed by atoms with E-state index in [-0.39, 0.29) is 19.3 Å².